The minimum atomic E-state index is -0.583. The lowest BCUT2D eigenvalue weighted by Gasteiger charge is -2.25. The minimum absolute atomic E-state index is 0.0454. The van der Waals surface area contributed by atoms with E-state index in [2.05, 4.69) is 4.98 Å². The van der Waals surface area contributed by atoms with Gasteiger partial charge in [-0.15, -0.1) is 0 Å². The number of carbonyl (C=O) groups is 3. The molecule has 1 atom stereocenters. The van der Waals surface area contributed by atoms with Gasteiger partial charge >= 0.3 is 5.97 Å². The molecule has 6 nitrogen and oxygen atoms in total. The molecule has 1 aliphatic rings. The van der Waals surface area contributed by atoms with E-state index in [-0.39, 0.29) is 35.5 Å². The van der Waals surface area contributed by atoms with E-state index in [9.17, 15) is 18.8 Å². The molecule has 1 amide bonds. The highest BCUT2D eigenvalue weighted by Gasteiger charge is 2.32. The first-order chi connectivity index (χ1) is 13.3. The lowest BCUT2D eigenvalue weighted by Crippen LogP contribution is -2.32. The molecule has 1 aromatic carbocycles. The second kappa shape index (κ2) is 7.96. The maximum Gasteiger partial charge on any atom is 0.339 e. The molecule has 1 aliphatic heterocycles. The van der Waals surface area contributed by atoms with Gasteiger partial charge in [-0.05, 0) is 43.0 Å². The molecule has 1 N–H and O–H groups in total. The third-order valence-corrected chi connectivity index (χ3v) is 5.23. The van der Waals surface area contributed by atoms with Crippen molar-refractivity contribution in [2.75, 3.05) is 13.7 Å². The lowest BCUT2D eigenvalue weighted by atomic mass is 10.0. The normalized spacial score (nSPS) is 16.3. The number of hydrogen-bond acceptors (Lipinski definition) is 4. The summed E-state index contributed by atoms with van der Waals surface area (Å²) in [5, 5.41) is 0. The number of nitrogens with one attached hydrogen (secondary N) is 1. The number of ether oxygens (including phenoxy) is 1. The maximum absolute atomic E-state index is 13.2. The molecule has 7 heteroatoms. The van der Waals surface area contributed by atoms with Crippen molar-refractivity contribution in [3.8, 4) is 0 Å². The van der Waals surface area contributed by atoms with Crippen molar-refractivity contribution >= 4 is 17.7 Å². The Bertz CT molecular complexity index is 917. The van der Waals surface area contributed by atoms with Crippen LogP contribution in [0.25, 0.3) is 0 Å². The molecule has 3 rings (SSSR count). The molecule has 1 aromatic heterocycles. The zero-order chi connectivity index (χ0) is 20.4. The predicted molar refractivity (Wildman–Crippen MR) is 101 cm³/mol. The number of aromatic nitrogens is 1. The summed E-state index contributed by atoms with van der Waals surface area (Å²) < 4.78 is 18.0. The van der Waals surface area contributed by atoms with Crippen LogP contribution in [-0.2, 0) is 16.0 Å². The Morgan fingerprint density at radius 1 is 1.25 bits per heavy atom. The van der Waals surface area contributed by atoms with Crippen LogP contribution >= 0.6 is 0 Å². The van der Waals surface area contributed by atoms with E-state index >= 15 is 0 Å². The third kappa shape index (κ3) is 3.69. The number of carbonyl (C=O) groups excluding carboxylic acids is 3. The van der Waals surface area contributed by atoms with E-state index in [0.717, 1.165) is 18.4 Å². The van der Waals surface area contributed by atoms with Gasteiger partial charge in [0.15, 0.2) is 5.78 Å². The van der Waals surface area contributed by atoms with Crippen molar-refractivity contribution in [2.24, 2.45) is 0 Å². The molecule has 1 saturated heterocycles. The van der Waals surface area contributed by atoms with Gasteiger partial charge in [-0.2, -0.15) is 0 Å². The average Bonchev–Trinajstić information content (AvgIpc) is 3.27. The van der Waals surface area contributed by atoms with Crippen molar-refractivity contribution in [1.82, 2.24) is 9.88 Å². The second-order valence-corrected chi connectivity index (χ2v) is 7.00. The summed E-state index contributed by atoms with van der Waals surface area (Å²) >= 11 is 0. The topological polar surface area (TPSA) is 79.5 Å². The van der Waals surface area contributed by atoms with E-state index in [1.54, 1.807) is 24.0 Å². The van der Waals surface area contributed by atoms with Gasteiger partial charge in [0.1, 0.15) is 5.82 Å². The van der Waals surface area contributed by atoms with Crippen molar-refractivity contribution in [3.63, 3.8) is 0 Å². The summed E-state index contributed by atoms with van der Waals surface area (Å²) in [5.41, 5.74) is 2.29. The summed E-state index contributed by atoms with van der Waals surface area (Å²) in [6, 6.07) is 6.03. The van der Waals surface area contributed by atoms with Crippen LogP contribution < -0.4 is 0 Å². The summed E-state index contributed by atoms with van der Waals surface area (Å²) in [5.74, 6) is -1.28. The second-order valence-electron chi connectivity index (χ2n) is 7.00. The molecule has 28 heavy (non-hydrogen) atoms. The zero-order valence-electron chi connectivity index (χ0n) is 16.2. The number of benzene rings is 1. The number of likely N-dealkylation sites (tertiary alicyclic amines) is 1. The fourth-order valence-corrected chi connectivity index (χ4v) is 3.87. The number of rotatable bonds is 5. The van der Waals surface area contributed by atoms with Gasteiger partial charge in [-0.3, -0.25) is 9.59 Å². The number of esters is 1. The molecular formula is C21H23FN2O4. The average molecular weight is 386 g/mol. The quantitative estimate of drug-likeness (QED) is 0.631. The van der Waals surface area contributed by atoms with Crippen LogP contribution in [0.1, 0.15) is 63.5 Å². The van der Waals surface area contributed by atoms with E-state index < -0.39 is 5.97 Å². The third-order valence-electron chi connectivity index (χ3n) is 5.23. The fraction of sp³-hybridized carbons (Fsp3) is 0.381. The standard InChI is InChI=1S/C21H23FN2O4/c1-12-19(21(27)28-3)16(23-20(12)13(2)25)11-18(26)24-10-4-5-17(24)14-6-8-15(22)9-7-14/h6-9,17,23H,4-5,10-11H2,1-3H3. The Morgan fingerprint density at radius 3 is 2.54 bits per heavy atom. The van der Waals surface area contributed by atoms with Crippen molar-refractivity contribution < 1.29 is 23.5 Å². The first-order valence-electron chi connectivity index (χ1n) is 9.19. The van der Waals surface area contributed by atoms with Crippen LogP contribution in [-0.4, -0.2) is 41.2 Å². The highest BCUT2D eigenvalue weighted by atomic mass is 19.1. The Balaban J connectivity index is 1.88. The molecule has 1 unspecified atom stereocenters. The molecule has 2 heterocycles. The van der Waals surface area contributed by atoms with E-state index in [4.69, 9.17) is 4.74 Å². The number of H-pyrrole nitrogens is 1. The van der Waals surface area contributed by atoms with Crippen molar-refractivity contribution in [3.05, 3.63) is 58.2 Å². The highest BCUT2D eigenvalue weighted by Crippen LogP contribution is 2.33. The van der Waals surface area contributed by atoms with Crippen LogP contribution in [0.2, 0.25) is 0 Å². The largest absolute Gasteiger partial charge is 0.465 e. The lowest BCUT2D eigenvalue weighted by molar-refractivity contribution is -0.131. The maximum atomic E-state index is 13.2. The fourth-order valence-electron chi connectivity index (χ4n) is 3.87. The molecule has 1 fully saturated rings. The number of hydrogen-bond donors (Lipinski definition) is 1. The Kier molecular flexibility index (Phi) is 5.63. The first kappa shape index (κ1) is 19.8. The van der Waals surface area contributed by atoms with Crippen molar-refractivity contribution in [2.45, 2.75) is 39.2 Å². The van der Waals surface area contributed by atoms with Gasteiger partial charge in [0, 0.05) is 19.2 Å². The van der Waals surface area contributed by atoms with E-state index in [0.29, 0.717) is 23.5 Å². The summed E-state index contributed by atoms with van der Waals surface area (Å²) in [6.45, 7) is 3.65. The van der Waals surface area contributed by atoms with Gasteiger partial charge in [0.2, 0.25) is 5.91 Å². The van der Waals surface area contributed by atoms with Gasteiger partial charge in [-0.1, -0.05) is 12.1 Å². The van der Waals surface area contributed by atoms with Crippen LogP contribution in [0.5, 0.6) is 0 Å². The molecule has 0 saturated carbocycles. The van der Waals surface area contributed by atoms with Crippen LogP contribution in [0, 0.1) is 12.7 Å². The van der Waals surface area contributed by atoms with E-state index in [1.807, 2.05) is 0 Å². The molecule has 0 aliphatic carbocycles. The van der Waals surface area contributed by atoms with Gasteiger partial charge in [0.25, 0.3) is 0 Å². The highest BCUT2D eigenvalue weighted by molar-refractivity contribution is 6.01. The van der Waals surface area contributed by atoms with Crippen LogP contribution in [0.15, 0.2) is 24.3 Å². The number of Topliss-reactive ketones (excluding diaryl/α,β-unsaturated/α-hetero) is 1. The van der Waals surface area contributed by atoms with Gasteiger partial charge in [0.05, 0.1) is 30.8 Å². The SMILES string of the molecule is COC(=O)c1c(CC(=O)N2CCCC2c2ccc(F)cc2)[nH]c(C(C)=O)c1C. The number of aromatic amines is 1. The molecule has 2 aromatic rings. The smallest absolute Gasteiger partial charge is 0.339 e. The molecule has 0 spiro atoms. The summed E-state index contributed by atoms with van der Waals surface area (Å²) in [7, 11) is 1.26. The van der Waals surface area contributed by atoms with Crippen LogP contribution in [0.3, 0.4) is 0 Å². The summed E-state index contributed by atoms with van der Waals surface area (Å²) in [6.07, 6.45) is 1.60. The van der Waals surface area contributed by atoms with Gasteiger partial charge in [-0.25, -0.2) is 9.18 Å². The zero-order valence-corrected chi connectivity index (χ0v) is 16.2. The molecule has 0 radical (unpaired) electrons. The molecule has 0 bridgehead atoms. The number of halogens is 1. The molecule has 148 valence electrons. The number of amides is 1. The Hall–Kier alpha value is -2.96. The molecular weight excluding hydrogens is 363 g/mol. The minimum Gasteiger partial charge on any atom is -0.465 e. The number of ketones is 1. The summed E-state index contributed by atoms with van der Waals surface area (Å²) in [4.78, 5) is 41.7. The number of nitrogens with zero attached hydrogens (tertiary/aromatic N) is 1. The monoisotopic (exact) mass is 386 g/mol. The Labute approximate surface area is 162 Å². The predicted octanol–water partition coefficient (Wildman–Crippen LogP) is 3.36. The van der Waals surface area contributed by atoms with Crippen molar-refractivity contribution in [1.29, 1.82) is 0 Å². The number of methoxy groups -OCH3 is 1. The van der Waals surface area contributed by atoms with E-state index in [1.165, 1.54) is 26.2 Å². The Morgan fingerprint density at radius 2 is 1.93 bits per heavy atom. The van der Waals surface area contributed by atoms with Gasteiger partial charge < -0.3 is 14.6 Å². The van der Waals surface area contributed by atoms with Crippen LogP contribution in [0.4, 0.5) is 4.39 Å². The first-order valence-corrected chi connectivity index (χ1v) is 9.19.